The molecule has 2 nitrogen and oxygen atoms in total. The van der Waals surface area contributed by atoms with Crippen molar-refractivity contribution >= 4 is 22.9 Å². The van der Waals surface area contributed by atoms with Gasteiger partial charge >= 0.3 is 0 Å². The fraction of sp³-hybridized carbons (Fsp3) is 0.714. The molecule has 0 saturated carbocycles. The van der Waals surface area contributed by atoms with E-state index in [-0.39, 0.29) is 0 Å². The topological polar surface area (TPSA) is 15.3 Å². The van der Waals surface area contributed by atoms with Gasteiger partial charge in [-0.3, -0.25) is 4.90 Å². The number of halogens is 1. The Bertz CT molecular complexity index is 347. The molecule has 1 atom stereocenters. The van der Waals surface area contributed by atoms with Gasteiger partial charge in [0.05, 0.1) is 5.02 Å². The lowest BCUT2D eigenvalue weighted by Gasteiger charge is -2.25. The number of thiophene rings is 1. The number of nitrogens with one attached hydrogen (secondary N) is 1. The van der Waals surface area contributed by atoms with Crippen molar-refractivity contribution in [2.24, 2.45) is 0 Å². The second kappa shape index (κ2) is 7.49. The van der Waals surface area contributed by atoms with E-state index in [2.05, 4.69) is 23.2 Å². The Kier molecular flexibility index (Phi) is 5.96. The Balaban J connectivity index is 1.86. The summed E-state index contributed by atoms with van der Waals surface area (Å²) >= 11 is 7.77. The first-order valence-corrected chi connectivity index (χ1v) is 8.22. The minimum Gasteiger partial charge on any atom is -0.313 e. The van der Waals surface area contributed by atoms with E-state index in [9.17, 15) is 0 Å². The summed E-state index contributed by atoms with van der Waals surface area (Å²) in [5.74, 6) is 0. The molecule has 1 saturated heterocycles. The molecule has 1 aliphatic heterocycles. The lowest BCUT2D eigenvalue weighted by molar-refractivity contribution is 0.239. The van der Waals surface area contributed by atoms with Crippen LogP contribution >= 0.6 is 22.9 Å². The molecule has 0 aliphatic carbocycles. The molecule has 4 heteroatoms. The molecule has 1 N–H and O–H groups in total. The first-order chi connectivity index (χ1) is 8.78. The number of unbranched alkanes of at least 4 members (excludes halogenated alkanes) is 1. The van der Waals surface area contributed by atoms with Crippen molar-refractivity contribution in [3.63, 3.8) is 0 Å². The lowest BCUT2D eigenvalue weighted by atomic mass is 10.2. The molecule has 102 valence electrons. The van der Waals surface area contributed by atoms with Crippen LogP contribution < -0.4 is 5.32 Å². The molecule has 0 amide bonds. The highest BCUT2D eigenvalue weighted by atomic mass is 35.5. The third-order valence-corrected chi connectivity index (χ3v) is 4.74. The van der Waals surface area contributed by atoms with Crippen molar-refractivity contribution in [3.05, 3.63) is 21.3 Å². The SMILES string of the molecule is CCCCN(Cc1cc(Cl)cs1)CC1CCCN1. The summed E-state index contributed by atoms with van der Waals surface area (Å²) in [6.07, 6.45) is 5.20. The third-order valence-electron chi connectivity index (χ3n) is 3.47. The maximum atomic E-state index is 6.00. The molecule has 1 aromatic rings. The van der Waals surface area contributed by atoms with E-state index < -0.39 is 0 Å². The summed E-state index contributed by atoms with van der Waals surface area (Å²) in [6.45, 7) is 6.88. The van der Waals surface area contributed by atoms with Gasteiger partial charge in [0.15, 0.2) is 0 Å². The van der Waals surface area contributed by atoms with Crippen molar-refractivity contribution in [2.45, 2.75) is 45.2 Å². The monoisotopic (exact) mass is 286 g/mol. The number of hydrogen-bond acceptors (Lipinski definition) is 3. The minimum absolute atomic E-state index is 0.692. The van der Waals surface area contributed by atoms with Gasteiger partial charge in [0, 0.05) is 29.4 Å². The molecule has 1 unspecified atom stereocenters. The number of rotatable bonds is 7. The van der Waals surface area contributed by atoms with E-state index in [4.69, 9.17) is 11.6 Å². The summed E-state index contributed by atoms with van der Waals surface area (Å²) in [5.41, 5.74) is 0. The van der Waals surface area contributed by atoms with Crippen LogP contribution in [0.25, 0.3) is 0 Å². The zero-order valence-electron chi connectivity index (χ0n) is 11.1. The zero-order chi connectivity index (χ0) is 12.8. The molecule has 1 fully saturated rings. The molecular formula is C14H23ClN2S. The van der Waals surface area contributed by atoms with Crippen molar-refractivity contribution in [1.82, 2.24) is 10.2 Å². The Hall–Kier alpha value is -0.0900. The maximum Gasteiger partial charge on any atom is 0.0516 e. The second-order valence-electron chi connectivity index (χ2n) is 5.11. The van der Waals surface area contributed by atoms with Crippen LogP contribution in [0.1, 0.15) is 37.5 Å². The van der Waals surface area contributed by atoms with Gasteiger partial charge in [-0.15, -0.1) is 11.3 Å². The average Bonchev–Trinajstić information content (AvgIpc) is 2.98. The molecule has 2 heterocycles. The predicted octanol–water partition coefficient (Wildman–Crippen LogP) is 3.76. The van der Waals surface area contributed by atoms with E-state index in [1.54, 1.807) is 11.3 Å². The van der Waals surface area contributed by atoms with E-state index in [1.165, 1.54) is 50.2 Å². The summed E-state index contributed by atoms with van der Waals surface area (Å²) in [6, 6.07) is 2.80. The van der Waals surface area contributed by atoms with Gasteiger partial charge in [0.2, 0.25) is 0 Å². The first kappa shape index (κ1) is 14.3. The largest absolute Gasteiger partial charge is 0.313 e. The number of hydrogen-bond donors (Lipinski definition) is 1. The average molecular weight is 287 g/mol. The van der Waals surface area contributed by atoms with Crippen molar-refractivity contribution in [3.8, 4) is 0 Å². The highest BCUT2D eigenvalue weighted by Crippen LogP contribution is 2.21. The van der Waals surface area contributed by atoms with Crippen LogP contribution in [0, 0.1) is 0 Å². The minimum atomic E-state index is 0.692. The summed E-state index contributed by atoms with van der Waals surface area (Å²) in [7, 11) is 0. The molecule has 0 bridgehead atoms. The fourth-order valence-electron chi connectivity index (χ4n) is 2.50. The highest BCUT2D eigenvalue weighted by molar-refractivity contribution is 7.10. The lowest BCUT2D eigenvalue weighted by Crippen LogP contribution is -2.37. The Morgan fingerprint density at radius 3 is 3.06 bits per heavy atom. The predicted molar refractivity (Wildman–Crippen MR) is 80.5 cm³/mol. The van der Waals surface area contributed by atoms with Gasteiger partial charge in [-0.25, -0.2) is 0 Å². The second-order valence-corrected chi connectivity index (χ2v) is 6.55. The Morgan fingerprint density at radius 1 is 1.56 bits per heavy atom. The van der Waals surface area contributed by atoms with Crippen LogP contribution in [-0.4, -0.2) is 30.6 Å². The number of nitrogens with zero attached hydrogens (tertiary/aromatic N) is 1. The first-order valence-electron chi connectivity index (χ1n) is 6.96. The molecule has 18 heavy (non-hydrogen) atoms. The van der Waals surface area contributed by atoms with Crippen LogP contribution in [-0.2, 0) is 6.54 Å². The Labute approximate surface area is 119 Å². The molecular weight excluding hydrogens is 264 g/mol. The Morgan fingerprint density at radius 2 is 2.44 bits per heavy atom. The van der Waals surface area contributed by atoms with Gasteiger partial charge in [0.1, 0.15) is 0 Å². The molecule has 1 aliphatic rings. The molecule has 1 aromatic heterocycles. The van der Waals surface area contributed by atoms with Gasteiger partial charge in [-0.2, -0.15) is 0 Å². The van der Waals surface area contributed by atoms with Gasteiger partial charge in [-0.1, -0.05) is 24.9 Å². The summed E-state index contributed by atoms with van der Waals surface area (Å²) in [4.78, 5) is 3.96. The van der Waals surface area contributed by atoms with Gasteiger partial charge in [-0.05, 0) is 38.4 Å². The van der Waals surface area contributed by atoms with E-state index in [0.29, 0.717) is 6.04 Å². The van der Waals surface area contributed by atoms with Gasteiger partial charge < -0.3 is 5.32 Å². The summed E-state index contributed by atoms with van der Waals surface area (Å²) < 4.78 is 0. The molecule has 2 rings (SSSR count). The maximum absolute atomic E-state index is 6.00. The standard InChI is InChI=1S/C14H23ClN2S/c1-2-3-7-17(9-13-5-4-6-16-13)10-14-8-12(15)11-18-14/h8,11,13,16H,2-7,9-10H2,1H3. The van der Waals surface area contributed by atoms with Crippen molar-refractivity contribution < 1.29 is 0 Å². The fourth-order valence-corrected chi connectivity index (χ4v) is 3.61. The highest BCUT2D eigenvalue weighted by Gasteiger charge is 2.18. The molecule has 0 radical (unpaired) electrons. The normalized spacial score (nSPS) is 19.8. The molecule has 0 spiro atoms. The zero-order valence-corrected chi connectivity index (χ0v) is 12.7. The molecule has 0 aromatic carbocycles. The van der Waals surface area contributed by atoms with E-state index in [0.717, 1.165) is 11.6 Å². The van der Waals surface area contributed by atoms with Gasteiger partial charge in [0.25, 0.3) is 0 Å². The smallest absolute Gasteiger partial charge is 0.0516 e. The third kappa shape index (κ3) is 4.54. The van der Waals surface area contributed by atoms with E-state index >= 15 is 0 Å². The van der Waals surface area contributed by atoms with Crippen molar-refractivity contribution in [1.29, 1.82) is 0 Å². The van der Waals surface area contributed by atoms with Crippen LogP contribution in [0.5, 0.6) is 0 Å². The summed E-state index contributed by atoms with van der Waals surface area (Å²) in [5, 5.41) is 6.50. The quantitative estimate of drug-likeness (QED) is 0.821. The van der Waals surface area contributed by atoms with Crippen LogP contribution in [0.4, 0.5) is 0 Å². The van der Waals surface area contributed by atoms with E-state index in [1.807, 2.05) is 5.38 Å². The van der Waals surface area contributed by atoms with Crippen LogP contribution in [0.3, 0.4) is 0 Å². The van der Waals surface area contributed by atoms with Crippen LogP contribution in [0.2, 0.25) is 5.02 Å². The van der Waals surface area contributed by atoms with Crippen LogP contribution in [0.15, 0.2) is 11.4 Å². The van der Waals surface area contributed by atoms with Crippen molar-refractivity contribution in [2.75, 3.05) is 19.6 Å².